The number of amides is 1. The van der Waals surface area contributed by atoms with Gasteiger partial charge in [-0.25, -0.2) is 4.98 Å². The molecule has 2 aliphatic rings. The van der Waals surface area contributed by atoms with Crippen LogP contribution in [0.2, 0.25) is 0 Å². The van der Waals surface area contributed by atoms with E-state index in [0.717, 1.165) is 11.4 Å². The van der Waals surface area contributed by atoms with Crippen LogP contribution in [0.3, 0.4) is 0 Å². The molecule has 3 atom stereocenters. The van der Waals surface area contributed by atoms with Crippen molar-refractivity contribution in [2.75, 3.05) is 26.3 Å². The molecule has 2 aliphatic heterocycles. The van der Waals surface area contributed by atoms with Gasteiger partial charge < -0.3 is 14.4 Å². The Hall–Kier alpha value is -1.11. The molecule has 6 heteroatoms. The third-order valence-corrected chi connectivity index (χ3v) is 5.11. The topological polar surface area (TPSA) is 51.7 Å². The molecule has 3 rings (SSSR count). The van der Waals surface area contributed by atoms with Gasteiger partial charge >= 0.3 is 0 Å². The zero-order chi connectivity index (χ0) is 15.6. The minimum atomic E-state index is -0.303. The summed E-state index contributed by atoms with van der Waals surface area (Å²) >= 11 is 1.50. The number of rotatable bonds is 3. The van der Waals surface area contributed by atoms with Gasteiger partial charge in [0.05, 0.1) is 29.5 Å². The van der Waals surface area contributed by atoms with Gasteiger partial charge in [-0.15, -0.1) is 0 Å². The van der Waals surface area contributed by atoms with Crippen LogP contribution in [0.4, 0.5) is 0 Å². The molecule has 0 saturated carbocycles. The van der Waals surface area contributed by atoms with E-state index in [2.05, 4.69) is 4.98 Å². The van der Waals surface area contributed by atoms with Gasteiger partial charge in [-0.1, -0.05) is 17.8 Å². The van der Waals surface area contributed by atoms with Crippen molar-refractivity contribution in [2.45, 2.75) is 42.2 Å². The summed E-state index contributed by atoms with van der Waals surface area (Å²) in [6, 6.07) is 5.75. The van der Waals surface area contributed by atoms with Crippen LogP contribution >= 0.6 is 11.8 Å². The minimum Gasteiger partial charge on any atom is -0.378 e. The lowest BCUT2D eigenvalue weighted by molar-refractivity contribution is -0.165. The highest BCUT2D eigenvalue weighted by molar-refractivity contribution is 8.00. The molecule has 120 valence electrons. The van der Waals surface area contributed by atoms with E-state index >= 15 is 0 Å². The fourth-order valence-electron chi connectivity index (χ4n) is 3.10. The molecule has 1 aromatic heterocycles. The molecule has 0 aliphatic carbocycles. The molecule has 0 radical (unpaired) electrons. The summed E-state index contributed by atoms with van der Waals surface area (Å²) in [4.78, 5) is 19.0. The average molecular weight is 322 g/mol. The molecule has 2 fully saturated rings. The Bertz CT molecular complexity index is 519. The molecular weight excluding hydrogens is 300 g/mol. The summed E-state index contributed by atoms with van der Waals surface area (Å²) < 4.78 is 11.6. The predicted molar refractivity (Wildman–Crippen MR) is 84.9 cm³/mol. The highest BCUT2D eigenvalue weighted by Gasteiger charge is 2.44. The number of ether oxygens (including phenoxy) is 2. The maximum atomic E-state index is 12.8. The average Bonchev–Trinajstić information content (AvgIpc) is 2.94. The third kappa shape index (κ3) is 3.45. The van der Waals surface area contributed by atoms with Crippen molar-refractivity contribution in [2.24, 2.45) is 0 Å². The molecule has 3 heterocycles. The molecule has 5 nitrogen and oxygen atoms in total. The van der Waals surface area contributed by atoms with Gasteiger partial charge in [-0.3, -0.25) is 4.79 Å². The van der Waals surface area contributed by atoms with E-state index in [1.165, 1.54) is 11.8 Å². The van der Waals surface area contributed by atoms with Gasteiger partial charge in [0.25, 0.3) is 0 Å². The van der Waals surface area contributed by atoms with E-state index in [-0.39, 0.29) is 22.9 Å². The van der Waals surface area contributed by atoms with Crippen LogP contribution in [0.5, 0.6) is 0 Å². The van der Waals surface area contributed by atoms with Gasteiger partial charge in [0.1, 0.15) is 5.60 Å². The number of carbonyl (C=O) groups is 1. The normalized spacial score (nSPS) is 29.7. The quantitative estimate of drug-likeness (QED) is 0.796. The smallest absolute Gasteiger partial charge is 0.236 e. The molecule has 1 amide bonds. The standard InChI is InChI=1S/C16H22N2O3S/c1-12-9-18(10-16(21-12)6-8-20-11-16)15(19)13(2)22-14-5-3-4-7-17-14/h3-5,7,12-13H,6,8-11H2,1-2H3/t12-,13+,16+/m1/s1. The lowest BCUT2D eigenvalue weighted by Crippen LogP contribution is -2.58. The Labute approximate surface area is 135 Å². The second-order valence-electron chi connectivity index (χ2n) is 6.06. The number of nitrogens with zero attached hydrogens (tertiary/aromatic N) is 2. The lowest BCUT2D eigenvalue weighted by atomic mass is 9.99. The van der Waals surface area contributed by atoms with Crippen molar-refractivity contribution in [1.82, 2.24) is 9.88 Å². The second-order valence-corrected chi connectivity index (χ2v) is 7.42. The van der Waals surface area contributed by atoms with E-state index in [4.69, 9.17) is 9.47 Å². The van der Waals surface area contributed by atoms with Crippen LogP contribution < -0.4 is 0 Å². The van der Waals surface area contributed by atoms with Crippen molar-refractivity contribution in [3.8, 4) is 0 Å². The van der Waals surface area contributed by atoms with E-state index in [9.17, 15) is 4.79 Å². The van der Waals surface area contributed by atoms with Gasteiger partial charge in [0.2, 0.25) is 5.91 Å². The monoisotopic (exact) mass is 322 g/mol. The molecule has 1 aromatic rings. The maximum Gasteiger partial charge on any atom is 0.236 e. The molecule has 0 bridgehead atoms. The summed E-state index contributed by atoms with van der Waals surface area (Å²) in [7, 11) is 0. The van der Waals surface area contributed by atoms with Crippen molar-refractivity contribution in [1.29, 1.82) is 0 Å². The Morgan fingerprint density at radius 3 is 3.09 bits per heavy atom. The first-order chi connectivity index (χ1) is 10.6. The predicted octanol–water partition coefficient (Wildman–Crippen LogP) is 1.97. The summed E-state index contributed by atoms with van der Waals surface area (Å²) in [5.74, 6) is 0.150. The van der Waals surface area contributed by atoms with Crippen LogP contribution in [0.15, 0.2) is 29.4 Å². The number of hydrogen-bond donors (Lipinski definition) is 0. The largest absolute Gasteiger partial charge is 0.378 e. The van der Waals surface area contributed by atoms with E-state index in [1.54, 1.807) is 6.20 Å². The highest BCUT2D eigenvalue weighted by Crippen LogP contribution is 2.31. The van der Waals surface area contributed by atoms with Crippen molar-refractivity contribution < 1.29 is 14.3 Å². The first-order valence-corrected chi connectivity index (χ1v) is 8.58. The first-order valence-electron chi connectivity index (χ1n) is 7.70. The number of pyridine rings is 1. The van der Waals surface area contributed by atoms with Crippen molar-refractivity contribution in [3.05, 3.63) is 24.4 Å². The lowest BCUT2D eigenvalue weighted by Gasteiger charge is -2.43. The summed E-state index contributed by atoms with van der Waals surface area (Å²) in [5.41, 5.74) is -0.303. The van der Waals surface area contributed by atoms with Crippen LogP contribution in [0.1, 0.15) is 20.3 Å². The van der Waals surface area contributed by atoms with Gasteiger partial charge in [-0.05, 0) is 26.0 Å². The zero-order valence-electron chi connectivity index (χ0n) is 13.0. The molecule has 0 aromatic carbocycles. The maximum absolute atomic E-state index is 12.8. The first kappa shape index (κ1) is 15.8. The molecule has 1 spiro atoms. The van der Waals surface area contributed by atoms with Crippen LogP contribution in [0.25, 0.3) is 0 Å². The fraction of sp³-hybridized carbons (Fsp3) is 0.625. The number of aromatic nitrogens is 1. The zero-order valence-corrected chi connectivity index (χ0v) is 13.8. The number of hydrogen-bond acceptors (Lipinski definition) is 5. The summed E-state index contributed by atoms with van der Waals surface area (Å²) in [5, 5.41) is 0.725. The second kappa shape index (κ2) is 6.56. The Kier molecular flexibility index (Phi) is 4.70. The number of thioether (sulfide) groups is 1. The van der Waals surface area contributed by atoms with E-state index in [0.29, 0.717) is 26.3 Å². The molecular formula is C16H22N2O3S. The minimum absolute atomic E-state index is 0.0476. The summed E-state index contributed by atoms with van der Waals surface area (Å²) in [6.45, 7) is 6.54. The third-order valence-electron chi connectivity index (χ3n) is 4.07. The highest BCUT2D eigenvalue weighted by atomic mass is 32.2. The van der Waals surface area contributed by atoms with Crippen molar-refractivity contribution in [3.63, 3.8) is 0 Å². The Balaban J connectivity index is 1.65. The molecule has 22 heavy (non-hydrogen) atoms. The number of carbonyl (C=O) groups excluding carboxylic acids is 1. The molecule has 0 N–H and O–H groups in total. The van der Waals surface area contributed by atoms with Gasteiger partial charge in [-0.2, -0.15) is 0 Å². The van der Waals surface area contributed by atoms with Gasteiger partial charge in [0.15, 0.2) is 0 Å². The van der Waals surface area contributed by atoms with E-state index < -0.39 is 0 Å². The molecule has 0 unspecified atom stereocenters. The Morgan fingerprint density at radius 1 is 1.55 bits per heavy atom. The Morgan fingerprint density at radius 2 is 2.41 bits per heavy atom. The van der Waals surface area contributed by atoms with E-state index in [1.807, 2.05) is 36.9 Å². The van der Waals surface area contributed by atoms with Gasteiger partial charge in [0, 0.05) is 25.8 Å². The summed E-state index contributed by atoms with van der Waals surface area (Å²) in [6.07, 6.45) is 2.66. The van der Waals surface area contributed by atoms with Crippen LogP contribution in [-0.2, 0) is 14.3 Å². The SMILES string of the molecule is C[C@@H]1CN(C(=O)[C@H](C)Sc2ccccn2)C[C@]2(CCOC2)O1. The van der Waals surface area contributed by atoms with Crippen molar-refractivity contribution >= 4 is 17.7 Å². The van der Waals surface area contributed by atoms with Crippen LogP contribution in [0, 0.1) is 0 Å². The fourth-order valence-corrected chi connectivity index (χ4v) is 3.99. The molecule has 2 saturated heterocycles. The number of morpholine rings is 1. The van der Waals surface area contributed by atoms with Crippen LogP contribution in [-0.4, -0.2) is 59.0 Å².